The van der Waals surface area contributed by atoms with Crippen LogP contribution in [-0.4, -0.2) is 58.5 Å². The van der Waals surface area contributed by atoms with E-state index in [1.807, 2.05) is 35.8 Å². The Hall–Kier alpha value is -3.43. The van der Waals surface area contributed by atoms with Crippen LogP contribution in [-0.2, 0) is 27.2 Å². The number of hydrogen-bond acceptors (Lipinski definition) is 7. The van der Waals surface area contributed by atoms with Crippen LogP contribution in [0.25, 0.3) is 11.0 Å². The zero-order valence-corrected chi connectivity index (χ0v) is 21.9. The molecule has 0 spiro atoms. The number of carbonyl (C=O) groups is 2. The molecule has 1 aliphatic heterocycles. The Morgan fingerprint density at radius 1 is 1.30 bits per heavy atom. The molecule has 0 bridgehead atoms. The van der Waals surface area contributed by atoms with Crippen LogP contribution >= 0.6 is 0 Å². The standard InChI is InChI=1S/C28H36N4O5/c1-18(28(2,3)35)30-21-15-22-23(31-26(33)20-12-14-37-17-20)24(27(34)36-4)32(25(22)29-16-21)13-8-11-19-9-6-5-7-10-19/h5-7,9-10,15-16,18,20,30,35H,8,11-14,17H2,1-4H3,(H,31,33)/t18-,20+/m1/s1. The number of hydrogen-bond donors (Lipinski definition) is 3. The Kier molecular flexibility index (Phi) is 8.14. The first-order valence-electron chi connectivity index (χ1n) is 12.7. The Bertz CT molecular complexity index is 1240. The van der Waals surface area contributed by atoms with Crippen molar-refractivity contribution in [3.8, 4) is 0 Å². The van der Waals surface area contributed by atoms with E-state index in [0.29, 0.717) is 48.6 Å². The first kappa shape index (κ1) is 26.6. The quantitative estimate of drug-likeness (QED) is 0.355. The van der Waals surface area contributed by atoms with Gasteiger partial charge in [0.05, 0.1) is 48.8 Å². The van der Waals surface area contributed by atoms with Crippen LogP contribution in [0, 0.1) is 5.92 Å². The number of amides is 1. The molecule has 0 aliphatic carbocycles. The number of aromatic nitrogens is 2. The van der Waals surface area contributed by atoms with Crippen LogP contribution in [0.1, 0.15) is 49.7 Å². The van der Waals surface area contributed by atoms with Crippen molar-refractivity contribution in [3.05, 3.63) is 53.9 Å². The highest BCUT2D eigenvalue weighted by atomic mass is 16.5. The molecule has 37 heavy (non-hydrogen) atoms. The number of methoxy groups -OCH3 is 1. The summed E-state index contributed by atoms with van der Waals surface area (Å²) < 4.78 is 12.4. The molecule has 9 heteroatoms. The minimum atomic E-state index is -0.963. The van der Waals surface area contributed by atoms with Gasteiger partial charge >= 0.3 is 5.97 Å². The summed E-state index contributed by atoms with van der Waals surface area (Å²) >= 11 is 0. The van der Waals surface area contributed by atoms with Gasteiger partial charge in [-0.2, -0.15) is 0 Å². The summed E-state index contributed by atoms with van der Waals surface area (Å²) in [5, 5.41) is 17.3. The monoisotopic (exact) mass is 508 g/mol. The summed E-state index contributed by atoms with van der Waals surface area (Å²) in [6.45, 7) is 6.73. The summed E-state index contributed by atoms with van der Waals surface area (Å²) in [5.74, 6) is -1.03. The predicted molar refractivity (Wildman–Crippen MR) is 143 cm³/mol. The van der Waals surface area contributed by atoms with Crippen LogP contribution in [0.4, 0.5) is 11.4 Å². The lowest BCUT2D eigenvalue weighted by Crippen LogP contribution is -2.39. The van der Waals surface area contributed by atoms with Gasteiger partial charge in [-0.25, -0.2) is 9.78 Å². The van der Waals surface area contributed by atoms with Gasteiger partial charge in [0.25, 0.3) is 0 Å². The molecule has 4 rings (SSSR count). The van der Waals surface area contributed by atoms with Crippen LogP contribution in [0.3, 0.4) is 0 Å². The van der Waals surface area contributed by atoms with E-state index in [2.05, 4.69) is 27.8 Å². The fraction of sp³-hybridized carbons (Fsp3) is 0.464. The van der Waals surface area contributed by atoms with Gasteiger partial charge in [-0.3, -0.25) is 4.79 Å². The van der Waals surface area contributed by atoms with Gasteiger partial charge in [0, 0.05) is 18.5 Å². The van der Waals surface area contributed by atoms with E-state index >= 15 is 0 Å². The average molecular weight is 509 g/mol. The molecule has 0 unspecified atom stereocenters. The Morgan fingerprint density at radius 2 is 2.05 bits per heavy atom. The lowest BCUT2D eigenvalue weighted by Gasteiger charge is -2.27. The van der Waals surface area contributed by atoms with Crippen LogP contribution in [0.5, 0.6) is 0 Å². The maximum absolute atomic E-state index is 13.1. The maximum Gasteiger partial charge on any atom is 0.356 e. The molecule has 2 atom stereocenters. The number of pyridine rings is 1. The number of carbonyl (C=O) groups excluding carboxylic acids is 2. The highest BCUT2D eigenvalue weighted by Crippen LogP contribution is 2.34. The second-order valence-electron chi connectivity index (χ2n) is 10.1. The summed E-state index contributed by atoms with van der Waals surface area (Å²) in [4.78, 5) is 30.8. The zero-order chi connectivity index (χ0) is 26.6. The molecular weight excluding hydrogens is 472 g/mol. The van der Waals surface area contributed by atoms with E-state index in [1.165, 1.54) is 12.7 Å². The fourth-order valence-corrected chi connectivity index (χ4v) is 4.44. The van der Waals surface area contributed by atoms with Crippen molar-refractivity contribution in [2.75, 3.05) is 31.0 Å². The van der Waals surface area contributed by atoms with Crippen LogP contribution in [0.15, 0.2) is 42.6 Å². The molecule has 1 aliphatic rings. The van der Waals surface area contributed by atoms with Crippen LogP contribution in [0.2, 0.25) is 0 Å². The second-order valence-corrected chi connectivity index (χ2v) is 10.1. The van der Waals surface area contributed by atoms with Gasteiger partial charge in [0.15, 0.2) is 5.69 Å². The molecule has 3 N–H and O–H groups in total. The molecule has 198 valence electrons. The molecule has 1 aromatic carbocycles. The SMILES string of the molecule is COC(=O)c1c(NC(=O)[C@H]2CCOC2)c2cc(N[C@H](C)C(C)(C)O)cnc2n1CCCc1ccccc1. The number of esters is 1. The predicted octanol–water partition coefficient (Wildman–Crippen LogP) is 4.00. The number of benzene rings is 1. The number of nitrogens with zero attached hydrogens (tertiary/aromatic N) is 2. The lowest BCUT2D eigenvalue weighted by molar-refractivity contribution is -0.119. The summed E-state index contributed by atoms with van der Waals surface area (Å²) in [5.41, 5.74) is 2.12. The molecule has 2 aromatic heterocycles. The van der Waals surface area contributed by atoms with E-state index in [1.54, 1.807) is 20.0 Å². The van der Waals surface area contributed by atoms with Gasteiger partial charge < -0.3 is 29.8 Å². The van der Waals surface area contributed by atoms with Gasteiger partial charge in [0.2, 0.25) is 5.91 Å². The topological polar surface area (TPSA) is 115 Å². The number of anilines is 2. The average Bonchev–Trinajstić information content (AvgIpc) is 3.51. The minimum Gasteiger partial charge on any atom is -0.464 e. The molecule has 9 nitrogen and oxygen atoms in total. The van der Waals surface area contributed by atoms with Crippen molar-refractivity contribution in [1.29, 1.82) is 0 Å². The molecule has 1 saturated heterocycles. The minimum absolute atomic E-state index is 0.200. The molecule has 3 heterocycles. The van der Waals surface area contributed by atoms with E-state index in [-0.39, 0.29) is 23.6 Å². The number of fused-ring (bicyclic) bond motifs is 1. The molecule has 0 radical (unpaired) electrons. The third-order valence-corrected chi connectivity index (χ3v) is 6.96. The smallest absolute Gasteiger partial charge is 0.356 e. The van der Waals surface area contributed by atoms with E-state index < -0.39 is 11.6 Å². The van der Waals surface area contributed by atoms with Gasteiger partial charge in [-0.05, 0) is 51.7 Å². The maximum atomic E-state index is 13.1. The number of rotatable bonds is 10. The third-order valence-electron chi connectivity index (χ3n) is 6.96. The summed E-state index contributed by atoms with van der Waals surface area (Å²) in [7, 11) is 1.33. The van der Waals surface area contributed by atoms with Crippen molar-refractivity contribution in [2.45, 2.75) is 58.2 Å². The first-order valence-corrected chi connectivity index (χ1v) is 12.7. The highest BCUT2D eigenvalue weighted by Gasteiger charge is 2.30. The van der Waals surface area contributed by atoms with E-state index in [4.69, 9.17) is 9.47 Å². The van der Waals surface area contributed by atoms with Crippen molar-refractivity contribution in [2.24, 2.45) is 5.92 Å². The number of nitrogens with one attached hydrogen (secondary N) is 2. The largest absolute Gasteiger partial charge is 0.464 e. The summed E-state index contributed by atoms with van der Waals surface area (Å²) in [6.07, 6.45) is 3.89. The van der Waals surface area contributed by atoms with Crippen molar-refractivity contribution >= 4 is 34.3 Å². The van der Waals surface area contributed by atoms with Crippen molar-refractivity contribution < 1.29 is 24.2 Å². The van der Waals surface area contributed by atoms with Crippen molar-refractivity contribution in [1.82, 2.24) is 9.55 Å². The van der Waals surface area contributed by atoms with Crippen LogP contribution < -0.4 is 10.6 Å². The number of ether oxygens (including phenoxy) is 2. The Morgan fingerprint density at radius 3 is 2.70 bits per heavy atom. The van der Waals surface area contributed by atoms with Gasteiger partial charge in [0.1, 0.15) is 5.65 Å². The molecule has 0 saturated carbocycles. The highest BCUT2D eigenvalue weighted by molar-refractivity contribution is 6.11. The number of aliphatic hydroxyl groups is 1. The molecule has 3 aromatic rings. The van der Waals surface area contributed by atoms with E-state index in [9.17, 15) is 14.7 Å². The fourth-order valence-electron chi connectivity index (χ4n) is 4.44. The van der Waals surface area contributed by atoms with E-state index in [0.717, 1.165) is 12.8 Å². The second kappa shape index (κ2) is 11.3. The third kappa shape index (κ3) is 6.11. The van der Waals surface area contributed by atoms with Crippen molar-refractivity contribution in [3.63, 3.8) is 0 Å². The molecule has 1 amide bonds. The first-order chi connectivity index (χ1) is 17.7. The zero-order valence-electron chi connectivity index (χ0n) is 21.9. The number of aryl methyl sites for hydroxylation is 2. The Labute approximate surface area is 217 Å². The van der Waals surface area contributed by atoms with Gasteiger partial charge in [-0.15, -0.1) is 0 Å². The Balaban J connectivity index is 1.75. The molecule has 1 fully saturated rings. The summed E-state index contributed by atoms with van der Waals surface area (Å²) in [6, 6.07) is 11.7. The lowest BCUT2D eigenvalue weighted by atomic mass is 10.0. The van der Waals surface area contributed by atoms with Gasteiger partial charge in [-0.1, -0.05) is 30.3 Å². The molecular formula is C28H36N4O5. The normalized spacial score (nSPS) is 16.5.